The Balaban J connectivity index is 1.69. The van der Waals surface area contributed by atoms with E-state index in [-0.39, 0.29) is 25.0 Å². The van der Waals surface area contributed by atoms with Gasteiger partial charge in [-0.15, -0.1) is 0 Å². The topological polar surface area (TPSA) is 204 Å². The normalized spacial score (nSPS) is 13.9. The summed E-state index contributed by atoms with van der Waals surface area (Å²) < 4.78 is 0. The molecule has 0 aliphatic heterocycles. The minimum absolute atomic E-state index is 0.0109. The average molecular weight is 584 g/mol. The Labute approximate surface area is 241 Å². The third-order valence-electron chi connectivity index (χ3n) is 6.44. The molecule has 0 aliphatic rings. The predicted octanol–water partition coefficient (Wildman–Crippen LogP) is 0.614. The van der Waals surface area contributed by atoms with Crippen molar-refractivity contribution in [2.45, 2.75) is 49.9 Å². The molecular formula is C28H33N5O7S. The van der Waals surface area contributed by atoms with Gasteiger partial charge in [-0.2, -0.15) is 12.6 Å². The van der Waals surface area contributed by atoms with Gasteiger partial charge in [-0.05, 0) is 30.0 Å². The number of hydrogen-bond donors (Lipinski definition) is 8. The second-order valence-corrected chi connectivity index (χ2v) is 9.86. The molecule has 0 radical (unpaired) electrons. The van der Waals surface area contributed by atoms with Crippen LogP contribution in [0, 0.1) is 0 Å². The fourth-order valence-electron chi connectivity index (χ4n) is 4.23. The zero-order valence-electron chi connectivity index (χ0n) is 22.1. The summed E-state index contributed by atoms with van der Waals surface area (Å²) in [5.41, 5.74) is 8.56. The molecule has 218 valence electrons. The first-order chi connectivity index (χ1) is 19.6. The van der Waals surface area contributed by atoms with E-state index in [0.717, 1.165) is 16.5 Å². The maximum atomic E-state index is 13.2. The van der Waals surface area contributed by atoms with E-state index in [4.69, 9.17) is 10.8 Å². The van der Waals surface area contributed by atoms with Crippen LogP contribution in [-0.4, -0.2) is 74.8 Å². The molecule has 1 aromatic heterocycles. The molecule has 0 bridgehead atoms. The maximum absolute atomic E-state index is 13.2. The van der Waals surface area contributed by atoms with E-state index in [0.29, 0.717) is 5.56 Å². The van der Waals surface area contributed by atoms with Crippen molar-refractivity contribution in [3.05, 3.63) is 71.9 Å². The molecule has 2 aromatic carbocycles. The molecule has 13 heteroatoms. The lowest BCUT2D eigenvalue weighted by Gasteiger charge is -2.24. The third-order valence-corrected chi connectivity index (χ3v) is 6.81. The number of carboxylic acids is 2. The Kier molecular flexibility index (Phi) is 11.3. The molecule has 1 heterocycles. The number of carboxylic acid groups (broad SMARTS) is 2. The molecule has 41 heavy (non-hydrogen) atoms. The standard InChI is InChI=1S/C28H33N5O7S/c29-19(13-17-14-30-20-9-5-4-8-18(17)20)25(36)33-23(15-41)27(38)32-22(12-16-6-2-1-3-7-16)26(37)31-21(28(39)40)10-11-24(34)35/h1-9,14,19,21-23,30,41H,10-13,15,29H2,(H,31,37)(H,32,38)(H,33,36)(H,34,35)(H,39,40). The molecule has 12 nitrogen and oxygen atoms in total. The molecular weight excluding hydrogens is 550 g/mol. The molecule has 0 saturated heterocycles. The van der Waals surface area contributed by atoms with Crippen LogP contribution in [0.5, 0.6) is 0 Å². The van der Waals surface area contributed by atoms with Gasteiger partial charge in [-0.1, -0.05) is 48.5 Å². The number of hydrogen-bond acceptors (Lipinski definition) is 7. The number of nitrogens with two attached hydrogens (primary N) is 1. The van der Waals surface area contributed by atoms with Gasteiger partial charge in [0.2, 0.25) is 17.7 Å². The van der Waals surface area contributed by atoms with Crippen molar-refractivity contribution in [1.82, 2.24) is 20.9 Å². The summed E-state index contributed by atoms with van der Waals surface area (Å²) in [5.74, 6) is -4.86. The molecule has 4 unspecified atom stereocenters. The zero-order valence-corrected chi connectivity index (χ0v) is 23.0. The lowest BCUT2D eigenvalue weighted by molar-refractivity contribution is -0.143. The van der Waals surface area contributed by atoms with Gasteiger partial charge in [0.1, 0.15) is 18.1 Å². The number of carbonyl (C=O) groups is 5. The van der Waals surface area contributed by atoms with E-state index >= 15 is 0 Å². The van der Waals surface area contributed by atoms with E-state index in [1.807, 2.05) is 24.3 Å². The Bertz CT molecular complexity index is 1380. The highest BCUT2D eigenvalue weighted by atomic mass is 32.1. The largest absolute Gasteiger partial charge is 0.481 e. The minimum atomic E-state index is -1.48. The molecule has 0 fully saturated rings. The van der Waals surface area contributed by atoms with Gasteiger partial charge in [0, 0.05) is 35.7 Å². The lowest BCUT2D eigenvalue weighted by atomic mass is 10.0. The SMILES string of the molecule is NC(Cc1c[nH]c2ccccc12)C(=O)NC(CS)C(=O)NC(Cc1ccccc1)C(=O)NC(CCC(=O)O)C(=O)O. The van der Waals surface area contributed by atoms with Crippen LogP contribution in [0.3, 0.4) is 0 Å². The van der Waals surface area contributed by atoms with Crippen molar-refractivity contribution in [3.63, 3.8) is 0 Å². The summed E-state index contributed by atoms with van der Waals surface area (Å²) in [6, 6.07) is 11.5. The number of fused-ring (bicyclic) bond motifs is 1. The maximum Gasteiger partial charge on any atom is 0.326 e. The fraction of sp³-hybridized carbons (Fsp3) is 0.321. The van der Waals surface area contributed by atoms with Crippen LogP contribution in [0.25, 0.3) is 10.9 Å². The highest BCUT2D eigenvalue weighted by Crippen LogP contribution is 2.18. The number of benzene rings is 2. The number of H-pyrrole nitrogens is 1. The zero-order chi connectivity index (χ0) is 29.9. The number of amides is 3. The molecule has 0 spiro atoms. The first-order valence-electron chi connectivity index (χ1n) is 12.9. The molecule has 0 saturated carbocycles. The number of para-hydroxylation sites is 1. The second-order valence-electron chi connectivity index (χ2n) is 9.50. The second kappa shape index (κ2) is 14.9. The summed E-state index contributed by atoms with van der Waals surface area (Å²) in [4.78, 5) is 64.8. The first-order valence-corrected chi connectivity index (χ1v) is 13.5. The molecule has 3 aromatic rings. The quantitative estimate of drug-likeness (QED) is 0.119. The lowest BCUT2D eigenvalue weighted by Crippen LogP contribution is -2.58. The Morgan fingerprint density at radius 1 is 0.805 bits per heavy atom. The number of carbonyl (C=O) groups excluding carboxylic acids is 3. The first kappa shape index (κ1) is 31.2. The highest BCUT2D eigenvalue weighted by Gasteiger charge is 2.30. The summed E-state index contributed by atoms with van der Waals surface area (Å²) in [5, 5.41) is 26.7. The number of nitrogens with one attached hydrogen (secondary N) is 4. The Hall–Kier alpha value is -4.36. The van der Waals surface area contributed by atoms with Crippen molar-refractivity contribution in [2.75, 3.05) is 5.75 Å². The molecule has 3 amide bonds. The predicted molar refractivity (Wildman–Crippen MR) is 154 cm³/mol. The van der Waals surface area contributed by atoms with Crippen LogP contribution >= 0.6 is 12.6 Å². The smallest absolute Gasteiger partial charge is 0.326 e. The summed E-state index contributed by atoms with van der Waals surface area (Å²) in [6.45, 7) is 0. The number of thiol groups is 1. The Morgan fingerprint density at radius 3 is 2.07 bits per heavy atom. The van der Waals surface area contributed by atoms with E-state index in [2.05, 4.69) is 33.6 Å². The van der Waals surface area contributed by atoms with Crippen LogP contribution < -0.4 is 21.7 Å². The van der Waals surface area contributed by atoms with Gasteiger partial charge in [0.15, 0.2) is 0 Å². The van der Waals surface area contributed by atoms with Gasteiger partial charge in [0.25, 0.3) is 0 Å². The van der Waals surface area contributed by atoms with Crippen LogP contribution in [0.15, 0.2) is 60.8 Å². The summed E-state index contributed by atoms with van der Waals surface area (Å²) in [6.07, 6.45) is 1.18. The van der Waals surface area contributed by atoms with Crippen molar-refractivity contribution < 1.29 is 34.2 Å². The van der Waals surface area contributed by atoms with Crippen molar-refractivity contribution in [2.24, 2.45) is 5.73 Å². The third kappa shape index (κ3) is 9.08. The van der Waals surface area contributed by atoms with E-state index < -0.39 is 60.2 Å². The molecule has 3 rings (SSSR count). The van der Waals surface area contributed by atoms with Gasteiger partial charge in [-0.3, -0.25) is 19.2 Å². The van der Waals surface area contributed by atoms with Crippen molar-refractivity contribution in [1.29, 1.82) is 0 Å². The fourth-order valence-corrected chi connectivity index (χ4v) is 4.49. The van der Waals surface area contributed by atoms with Crippen LogP contribution in [-0.2, 0) is 36.8 Å². The summed E-state index contributed by atoms with van der Waals surface area (Å²) in [7, 11) is 0. The van der Waals surface area contributed by atoms with Crippen molar-refractivity contribution >= 4 is 53.2 Å². The number of aromatic nitrogens is 1. The van der Waals surface area contributed by atoms with Gasteiger partial charge in [-0.25, -0.2) is 4.79 Å². The monoisotopic (exact) mass is 583 g/mol. The average Bonchev–Trinajstić information content (AvgIpc) is 3.36. The number of aliphatic carboxylic acids is 2. The molecule has 0 aliphatic carbocycles. The number of aromatic amines is 1. The van der Waals surface area contributed by atoms with Crippen LogP contribution in [0.2, 0.25) is 0 Å². The Morgan fingerprint density at radius 2 is 1.41 bits per heavy atom. The molecule has 4 atom stereocenters. The van der Waals surface area contributed by atoms with Crippen LogP contribution in [0.1, 0.15) is 24.0 Å². The summed E-state index contributed by atoms with van der Waals surface area (Å²) >= 11 is 4.18. The van der Waals surface area contributed by atoms with Gasteiger partial charge >= 0.3 is 11.9 Å². The minimum Gasteiger partial charge on any atom is -0.481 e. The van der Waals surface area contributed by atoms with Crippen molar-refractivity contribution in [3.8, 4) is 0 Å². The van der Waals surface area contributed by atoms with E-state index in [1.165, 1.54) is 0 Å². The van der Waals surface area contributed by atoms with E-state index in [9.17, 15) is 29.1 Å². The van der Waals surface area contributed by atoms with Gasteiger partial charge in [0.05, 0.1) is 6.04 Å². The van der Waals surface area contributed by atoms with E-state index in [1.54, 1.807) is 36.5 Å². The van der Waals surface area contributed by atoms with Crippen LogP contribution in [0.4, 0.5) is 0 Å². The van der Waals surface area contributed by atoms with Gasteiger partial charge < -0.3 is 36.9 Å². The highest BCUT2D eigenvalue weighted by molar-refractivity contribution is 7.80. The molecule has 8 N–H and O–H groups in total. The number of rotatable bonds is 15.